The van der Waals surface area contributed by atoms with Crippen LogP contribution in [-0.2, 0) is 9.22 Å². The molecule has 1 aliphatic carbocycles. The summed E-state index contributed by atoms with van der Waals surface area (Å²) in [6.45, 7) is 13.9. The van der Waals surface area contributed by atoms with Crippen molar-refractivity contribution < 1.29 is 19.4 Å². The highest BCUT2D eigenvalue weighted by Gasteiger charge is 2.39. The second-order valence-electron chi connectivity index (χ2n) is 11.1. The molecule has 0 aromatic heterocycles. The summed E-state index contributed by atoms with van der Waals surface area (Å²) in [4.78, 5) is 10.6. The minimum Gasteiger partial charge on any atom is -0.481 e. The fourth-order valence-corrected chi connectivity index (χ4v) is 5.72. The van der Waals surface area contributed by atoms with E-state index in [4.69, 9.17) is 9.53 Å². The summed E-state index contributed by atoms with van der Waals surface area (Å²) in [6.07, 6.45) is 15.2. The van der Waals surface area contributed by atoms with Crippen LogP contribution in [0.2, 0.25) is 18.1 Å². The molecule has 0 saturated heterocycles. The fraction of sp³-hybridized carbons (Fsp3) is 0.885. The van der Waals surface area contributed by atoms with E-state index in [0.717, 1.165) is 57.8 Å². The number of rotatable bonds is 16. The van der Waals surface area contributed by atoms with Crippen LogP contribution in [0, 0.1) is 5.92 Å². The molecule has 0 aromatic carbocycles. The summed E-state index contributed by atoms with van der Waals surface area (Å²) in [6, 6.07) is 0. The van der Waals surface area contributed by atoms with Crippen molar-refractivity contribution in [2.24, 2.45) is 5.92 Å². The standard InChI is InChI=1S/C26H50O4Si/c1-7-8-11-14-22(30-31(5,6)26(2,3)4)19-17-21-18-20-24(27)23(21)15-12-9-10-13-16-25(28)29/h18,22-24,27H,7-17,19-20H2,1-6H3,(H,28,29)/t22?,23-,24+/m1/s1. The van der Waals surface area contributed by atoms with Gasteiger partial charge in [0.25, 0.3) is 0 Å². The first-order valence-electron chi connectivity index (χ1n) is 12.7. The van der Waals surface area contributed by atoms with Gasteiger partial charge < -0.3 is 14.6 Å². The highest BCUT2D eigenvalue weighted by Crippen LogP contribution is 2.39. The molecule has 0 saturated carbocycles. The number of carbonyl (C=O) groups is 1. The third kappa shape index (κ3) is 10.7. The second-order valence-corrected chi connectivity index (χ2v) is 15.8. The Labute approximate surface area is 193 Å². The maximum atomic E-state index is 10.6. The molecule has 5 heteroatoms. The molecule has 0 heterocycles. The lowest BCUT2D eigenvalue weighted by Crippen LogP contribution is -2.44. The van der Waals surface area contributed by atoms with Gasteiger partial charge in [-0.05, 0) is 56.7 Å². The number of aliphatic carboxylic acids is 1. The lowest BCUT2D eigenvalue weighted by atomic mass is 9.89. The van der Waals surface area contributed by atoms with Gasteiger partial charge in [-0.25, -0.2) is 0 Å². The van der Waals surface area contributed by atoms with Crippen LogP contribution in [0.25, 0.3) is 0 Å². The van der Waals surface area contributed by atoms with E-state index in [0.29, 0.717) is 6.10 Å². The molecule has 0 amide bonds. The van der Waals surface area contributed by atoms with Crippen molar-refractivity contribution in [1.82, 2.24) is 0 Å². The van der Waals surface area contributed by atoms with Crippen molar-refractivity contribution in [1.29, 1.82) is 0 Å². The minimum atomic E-state index is -1.79. The molecule has 0 bridgehead atoms. The van der Waals surface area contributed by atoms with Crippen molar-refractivity contribution in [3.05, 3.63) is 11.6 Å². The van der Waals surface area contributed by atoms with Crippen LogP contribution in [0.4, 0.5) is 0 Å². The van der Waals surface area contributed by atoms with Crippen LogP contribution in [0.15, 0.2) is 11.6 Å². The molecule has 3 atom stereocenters. The van der Waals surface area contributed by atoms with Gasteiger partial charge in [0.2, 0.25) is 0 Å². The third-order valence-electron chi connectivity index (χ3n) is 7.37. The van der Waals surface area contributed by atoms with Gasteiger partial charge in [0.15, 0.2) is 8.32 Å². The molecule has 0 fully saturated rings. The largest absolute Gasteiger partial charge is 0.481 e. The Morgan fingerprint density at radius 3 is 2.42 bits per heavy atom. The van der Waals surface area contributed by atoms with E-state index < -0.39 is 14.3 Å². The molecule has 0 aliphatic heterocycles. The molecule has 0 radical (unpaired) electrons. The van der Waals surface area contributed by atoms with E-state index in [-0.39, 0.29) is 23.5 Å². The van der Waals surface area contributed by atoms with E-state index >= 15 is 0 Å². The topological polar surface area (TPSA) is 66.8 Å². The van der Waals surface area contributed by atoms with E-state index in [1.54, 1.807) is 0 Å². The van der Waals surface area contributed by atoms with Crippen molar-refractivity contribution in [2.45, 2.75) is 142 Å². The number of carboxylic acid groups (broad SMARTS) is 1. The third-order valence-corrected chi connectivity index (χ3v) is 11.9. The van der Waals surface area contributed by atoms with Gasteiger partial charge in [0.05, 0.1) is 6.10 Å². The van der Waals surface area contributed by atoms with Crippen molar-refractivity contribution >= 4 is 14.3 Å². The average Bonchev–Trinajstić information content (AvgIpc) is 3.01. The molecular weight excluding hydrogens is 404 g/mol. The normalized spacial score (nSPS) is 20.7. The maximum absolute atomic E-state index is 10.6. The zero-order valence-electron chi connectivity index (χ0n) is 21.2. The van der Waals surface area contributed by atoms with Gasteiger partial charge in [-0.3, -0.25) is 4.79 Å². The van der Waals surface area contributed by atoms with Gasteiger partial charge in [0.1, 0.15) is 0 Å². The summed E-state index contributed by atoms with van der Waals surface area (Å²) in [5.41, 5.74) is 1.43. The van der Waals surface area contributed by atoms with Crippen molar-refractivity contribution in [3.63, 3.8) is 0 Å². The van der Waals surface area contributed by atoms with Gasteiger partial charge in [-0.15, -0.1) is 0 Å². The SMILES string of the molecule is CCCCCC(CCC1=CC[C@H](O)[C@@H]1CCCCCCC(=O)O)O[Si](C)(C)C(C)(C)C. The second kappa shape index (κ2) is 13.8. The molecule has 2 N–H and O–H groups in total. The smallest absolute Gasteiger partial charge is 0.303 e. The lowest BCUT2D eigenvalue weighted by Gasteiger charge is -2.39. The lowest BCUT2D eigenvalue weighted by molar-refractivity contribution is -0.137. The van der Waals surface area contributed by atoms with Crippen LogP contribution in [0.3, 0.4) is 0 Å². The molecule has 182 valence electrons. The number of hydrogen-bond donors (Lipinski definition) is 2. The van der Waals surface area contributed by atoms with Gasteiger partial charge in [-0.2, -0.15) is 0 Å². The highest BCUT2D eigenvalue weighted by atomic mass is 28.4. The molecule has 0 aromatic rings. The van der Waals surface area contributed by atoms with E-state index in [1.165, 1.54) is 24.8 Å². The molecule has 0 spiro atoms. The van der Waals surface area contributed by atoms with E-state index in [1.807, 2.05) is 0 Å². The Morgan fingerprint density at radius 2 is 1.81 bits per heavy atom. The predicted octanol–water partition coefficient (Wildman–Crippen LogP) is 7.47. The minimum absolute atomic E-state index is 0.224. The summed E-state index contributed by atoms with van der Waals surface area (Å²) in [7, 11) is -1.79. The Morgan fingerprint density at radius 1 is 1.13 bits per heavy atom. The zero-order valence-corrected chi connectivity index (χ0v) is 22.2. The molecule has 31 heavy (non-hydrogen) atoms. The van der Waals surface area contributed by atoms with Gasteiger partial charge in [-0.1, -0.05) is 77.9 Å². The highest BCUT2D eigenvalue weighted by molar-refractivity contribution is 6.74. The maximum Gasteiger partial charge on any atom is 0.303 e. The summed E-state index contributed by atoms with van der Waals surface area (Å²) >= 11 is 0. The van der Waals surface area contributed by atoms with Crippen LogP contribution in [0.5, 0.6) is 0 Å². The number of hydrogen-bond acceptors (Lipinski definition) is 3. The monoisotopic (exact) mass is 454 g/mol. The van der Waals surface area contributed by atoms with Crippen molar-refractivity contribution in [2.75, 3.05) is 0 Å². The molecule has 1 rings (SSSR count). The quantitative estimate of drug-likeness (QED) is 0.144. The fourth-order valence-electron chi connectivity index (χ4n) is 4.30. The number of aliphatic hydroxyl groups is 1. The number of carboxylic acids is 1. The number of aliphatic hydroxyl groups excluding tert-OH is 1. The van der Waals surface area contributed by atoms with Gasteiger partial charge >= 0.3 is 5.97 Å². The van der Waals surface area contributed by atoms with Crippen LogP contribution >= 0.6 is 0 Å². The summed E-state index contributed by atoms with van der Waals surface area (Å²) in [5.74, 6) is -0.423. The Balaban J connectivity index is 2.56. The Hall–Kier alpha value is -0.653. The van der Waals surface area contributed by atoms with Gasteiger partial charge in [0, 0.05) is 18.4 Å². The Bertz CT molecular complexity index is 550. The molecule has 1 unspecified atom stereocenters. The molecular formula is C26H50O4Si. The zero-order chi connectivity index (χ0) is 23.5. The van der Waals surface area contributed by atoms with E-state index in [9.17, 15) is 9.90 Å². The number of unbranched alkanes of at least 4 members (excludes halogenated alkanes) is 5. The molecule has 4 nitrogen and oxygen atoms in total. The van der Waals surface area contributed by atoms with Crippen LogP contribution in [-0.4, -0.2) is 36.7 Å². The summed E-state index contributed by atoms with van der Waals surface area (Å²) in [5, 5.41) is 19.5. The Kier molecular flexibility index (Phi) is 12.6. The first-order valence-corrected chi connectivity index (χ1v) is 15.7. The average molecular weight is 455 g/mol. The predicted molar refractivity (Wildman–Crippen MR) is 133 cm³/mol. The van der Waals surface area contributed by atoms with Crippen LogP contribution < -0.4 is 0 Å². The van der Waals surface area contributed by atoms with E-state index in [2.05, 4.69) is 46.9 Å². The van der Waals surface area contributed by atoms with Crippen LogP contribution in [0.1, 0.15) is 111 Å². The van der Waals surface area contributed by atoms with Crippen molar-refractivity contribution in [3.8, 4) is 0 Å². The molecule has 1 aliphatic rings. The first kappa shape index (κ1) is 28.4. The first-order chi connectivity index (χ1) is 14.5. The summed E-state index contributed by atoms with van der Waals surface area (Å²) < 4.78 is 6.82.